The summed E-state index contributed by atoms with van der Waals surface area (Å²) in [7, 11) is 3.81. The van der Waals surface area contributed by atoms with Crippen LogP contribution in [0.15, 0.2) is 61.4 Å². The number of rotatable bonds is 9. The van der Waals surface area contributed by atoms with Crippen molar-refractivity contribution in [1.29, 1.82) is 0 Å². The van der Waals surface area contributed by atoms with Gasteiger partial charge >= 0.3 is 0 Å². The highest BCUT2D eigenvalue weighted by molar-refractivity contribution is 6.02. The number of hydrogen-bond acceptors (Lipinski definition) is 10. The predicted molar refractivity (Wildman–Crippen MR) is 174 cm³/mol. The number of hydrogen-bond donors (Lipinski definition) is 2. The van der Waals surface area contributed by atoms with Gasteiger partial charge in [-0.25, -0.2) is 19.4 Å². The molecule has 3 aromatic rings. The molecule has 1 amide bonds. The van der Waals surface area contributed by atoms with Crippen LogP contribution in [0.4, 0.5) is 33.1 Å². The second kappa shape index (κ2) is 13.8. The molecule has 2 N–H and O–H groups in total. The van der Waals surface area contributed by atoms with Crippen LogP contribution < -0.4 is 25.3 Å². The average molecular weight is 617 g/mol. The minimum absolute atomic E-state index is 0.182. The lowest BCUT2D eigenvalue weighted by atomic mass is 10.0. The molecule has 0 unspecified atom stereocenters. The van der Waals surface area contributed by atoms with Crippen LogP contribution in [0, 0.1) is 5.82 Å². The Bertz CT molecular complexity index is 1510. The summed E-state index contributed by atoms with van der Waals surface area (Å²) < 4.78 is 19.8. The first-order chi connectivity index (χ1) is 21.9. The maximum atomic E-state index is 14.0. The number of halogens is 1. The fourth-order valence-corrected chi connectivity index (χ4v) is 6.43. The van der Waals surface area contributed by atoms with Gasteiger partial charge in [0.1, 0.15) is 23.7 Å². The summed E-state index contributed by atoms with van der Waals surface area (Å²) in [6.45, 7) is 10.3. The normalized spacial score (nSPS) is 19.8. The maximum absolute atomic E-state index is 14.0. The van der Waals surface area contributed by atoms with E-state index in [1.807, 2.05) is 18.2 Å². The van der Waals surface area contributed by atoms with Crippen molar-refractivity contribution in [3.63, 3.8) is 0 Å². The van der Waals surface area contributed by atoms with Gasteiger partial charge in [0, 0.05) is 63.9 Å². The standard InChI is InChI=1S/C33H41FN8O3/c1-4-33(43)38-26-19-27(30(44-3)20-29(26)41-11-8-25(9-12-41)40-15-13-39(2)14-16-40)37-31-21-32(36-22-35-31)42-28(10-17-45-42)23-6-5-7-24(34)18-23/h4-7,18-22,25,28H,1,8-17H2,2-3H3,(H,38,43)(H,35,36,37)/t28-/m1/s1. The van der Waals surface area contributed by atoms with Gasteiger partial charge in [0.2, 0.25) is 5.91 Å². The van der Waals surface area contributed by atoms with Gasteiger partial charge in [-0.15, -0.1) is 0 Å². The summed E-state index contributed by atoms with van der Waals surface area (Å²) in [5.74, 6) is 1.07. The molecule has 11 nitrogen and oxygen atoms in total. The van der Waals surface area contributed by atoms with Crippen LogP contribution in [-0.2, 0) is 9.63 Å². The van der Waals surface area contributed by atoms with Gasteiger partial charge in [0.15, 0.2) is 5.82 Å². The van der Waals surface area contributed by atoms with E-state index < -0.39 is 0 Å². The van der Waals surface area contributed by atoms with Crippen molar-refractivity contribution in [2.24, 2.45) is 0 Å². The van der Waals surface area contributed by atoms with Crippen molar-refractivity contribution in [2.75, 3.05) is 80.6 Å². The molecule has 238 valence electrons. The van der Waals surface area contributed by atoms with Crippen LogP contribution in [0.2, 0.25) is 0 Å². The van der Waals surface area contributed by atoms with Crippen molar-refractivity contribution in [1.82, 2.24) is 19.8 Å². The molecule has 12 heteroatoms. The van der Waals surface area contributed by atoms with E-state index in [2.05, 4.69) is 48.9 Å². The quantitative estimate of drug-likeness (QED) is 0.332. The van der Waals surface area contributed by atoms with Gasteiger partial charge in [0.25, 0.3) is 0 Å². The summed E-state index contributed by atoms with van der Waals surface area (Å²) >= 11 is 0. The van der Waals surface area contributed by atoms with Crippen molar-refractivity contribution < 1.29 is 18.8 Å². The number of piperidine rings is 1. The van der Waals surface area contributed by atoms with E-state index in [1.165, 1.54) is 24.5 Å². The Morgan fingerprint density at radius 3 is 2.58 bits per heavy atom. The highest BCUT2D eigenvalue weighted by atomic mass is 19.1. The monoisotopic (exact) mass is 616 g/mol. The zero-order chi connectivity index (χ0) is 31.3. The number of carbonyl (C=O) groups excluding carboxylic acids is 1. The van der Waals surface area contributed by atoms with Gasteiger partial charge in [-0.2, -0.15) is 0 Å². The molecular weight excluding hydrogens is 575 g/mol. The number of piperazine rings is 1. The van der Waals surface area contributed by atoms with Crippen molar-refractivity contribution >= 4 is 34.6 Å². The number of methoxy groups -OCH3 is 1. The summed E-state index contributed by atoms with van der Waals surface area (Å²) in [4.78, 5) is 34.6. The number of ether oxygens (including phenoxy) is 1. The second-order valence-electron chi connectivity index (χ2n) is 11.7. The summed E-state index contributed by atoms with van der Waals surface area (Å²) in [5, 5.41) is 8.04. The number of carbonyl (C=O) groups is 1. The third kappa shape index (κ3) is 7.03. The summed E-state index contributed by atoms with van der Waals surface area (Å²) in [6.07, 6.45) is 5.53. The van der Waals surface area contributed by atoms with E-state index >= 15 is 0 Å². The van der Waals surface area contributed by atoms with Crippen molar-refractivity contribution in [3.05, 3.63) is 72.8 Å². The molecule has 2 aromatic carbocycles. The lowest BCUT2D eigenvalue weighted by molar-refractivity contribution is -0.111. The number of amides is 1. The molecule has 45 heavy (non-hydrogen) atoms. The number of nitrogens with one attached hydrogen (secondary N) is 2. The maximum Gasteiger partial charge on any atom is 0.247 e. The van der Waals surface area contributed by atoms with Crippen molar-refractivity contribution in [2.45, 2.75) is 31.3 Å². The fourth-order valence-electron chi connectivity index (χ4n) is 6.43. The molecule has 1 aromatic heterocycles. The van der Waals surface area contributed by atoms with Crippen LogP contribution >= 0.6 is 0 Å². The fraction of sp³-hybridized carbons (Fsp3) is 0.424. The minimum atomic E-state index is -0.293. The topological polar surface area (TPSA) is 98.3 Å². The Balaban J connectivity index is 1.22. The van der Waals surface area contributed by atoms with E-state index in [4.69, 9.17) is 9.57 Å². The first-order valence-electron chi connectivity index (χ1n) is 15.5. The largest absolute Gasteiger partial charge is 0.494 e. The minimum Gasteiger partial charge on any atom is -0.494 e. The molecule has 3 fully saturated rings. The number of likely N-dealkylation sites (N-methyl/N-ethyl adjacent to an activating group) is 1. The molecule has 3 aliphatic heterocycles. The molecule has 0 radical (unpaired) electrons. The van der Waals surface area contributed by atoms with E-state index in [1.54, 1.807) is 24.3 Å². The summed E-state index contributed by atoms with van der Waals surface area (Å²) in [6, 6.07) is 12.5. The molecule has 3 saturated heterocycles. The Labute approximate surface area is 263 Å². The molecule has 0 spiro atoms. The van der Waals surface area contributed by atoms with E-state index in [9.17, 15) is 9.18 Å². The Morgan fingerprint density at radius 1 is 1.04 bits per heavy atom. The highest BCUT2D eigenvalue weighted by Gasteiger charge is 2.30. The SMILES string of the molecule is C=CC(=O)Nc1cc(Nc2cc(N3OCC[C@@H]3c3cccc(F)c3)ncn2)c(OC)cc1N1CCC(N2CCN(C)CC2)CC1. The zero-order valence-corrected chi connectivity index (χ0v) is 25.9. The molecule has 1 atom stereocenters. The number of hydroxylamine groups is 1. The third-order valence-electron chi connectivity index (χ3n) is 8.90. The van der Waals surface area contributed by atoms with Gasteiger partial charge in [-0.05, 0) is 49.7 Å². The van der Waals surface area contributed by atoms with E-state index in [-0.39, 0.29) is 17.8 Å². The van der Waals surface area contributed by atoms with Gasteiger partial charge in [-0.1, -0.05) is 18.7 Å². The molecule has 6 rings (SSSR count). The lowest BCUT2D eigenvalue weighted by Gasteiger charge is -2.43. The van der Waals surface area contributed by atoms with Gasteiger partial charge in [-0.3, -0.25) is 14.5 Å². The number of anilines is 5. The number of aromatic nitrogens is 2. The van der Waals surface area contributed by atoms with Crippen LogP contribution in [0.5, 0.6) is 5.75 Å². The molecular formula is C33H41FN8O3. The first kappa shape index (κ1) is 30.8. The second-order valence-corrected chi connectivity index (χ2v) is 11.7. The van der Waals surface area contributed by atoms with E-state index in [0.717, 1.165) is 63.4 Å². The molecule has 4 heterocycles. The molecule has 3 aliphatic rings. The van der Waals surface area contributed by atoms with Crippen LogP contribution in [-0.4, -0.2) is 91.7 Å². The Morgan fingerprint density at radius 2 is 1.84 bits per heavy atom. The van der Waals surface area contributed by atoms with Crippen LogP contribution in [0.3, 0.4) is 0 Å². The number of benzene rings is 2. The predicted octanol–water partition coefficient (Wildman–Crippen LogP) is 4.59. The Hall–Kier alpha value is -4.26. The molecule has 0 saturated carbocycles. The van der Waals surface area contributed by atoms with Gasteiger partial charge in [0.05, 0.1) is 36.8 Å². The van der Waals surface area contributed by atoms with E-state index in [0.29, 0.717) is 47.8 Å². The highest BCUT2D eigenvalue weighted by Crippen LogP contribution is 2.40. The Kier molecular flexibility index (Phi) is 9.43. The smallest absolute Gasteiger partial charge is 0.247 e. The number of nitrogens with zero attached hydrogens (tertiary/aromatic N) is 6. The third-order valence-corrected chi connectivity index (χ3v) is 8.90. The van der Waals surface area contributed by atoms with Gasteiger partial charge < -0.3 is 25.2 Å². The van der Waals surface area contributed by atoms with Crippen LogP contribution in [0.25, 0.3) is 0 Å². The summed E-state index contributed by atoms with van der Waals surface area (Å²) in [5.41, 5.74) is 3.00. The zero-order valence-electron chi connectivity index (χ0n) is 25.9. The first-order valence-corrected chi connectivity index (χ1v) is 15.5. The van der Waals surface area contributed by atoms with Crippen molar-refractivity contribution in [3.8, 4) is 5.75 Å². The molecule has 0 aliphatic carbocycles. The van der Waals surface area contributed by atoms with Crippen LogP contribution in [0.1, 0.15) is 30.9 Å². The lowest BCUT2D eigenvalue weighted by Crippen LogP contribution is -2.52. The average Bonchev–Trinajstić information content (AvgIpc) is 3.56. The molecule has 0 bridgehead atoms.